The van der Waals surface area contributed by atoms with Crippen molar-refractivity contribution >= 4 is 33.2 Å². The van der Waals surface area contributed by atoms with E-state index in [1.54, 1.807) is 0 Å². The van der Waals surface area contributed by atoms with Crippen molar-refractivity contribution in [2.75, 3.05) is 5.32 Å². The van der Waals surface area contributed by atoms with E-state index in [9.17, 15) is 0 Å². The van der Waals surface area contributed by atoms with Crippen LogP contribution < -0.4 is 10.1 Å². The van der Waals surface area contributed by atoms with E-state index in [2.05, 4.69) is 40.3 Å². The van der Waals surface area contributed by atoms with Gasteiger partial charge in [-0.25, -0.2) is 0 Å². The van der Waals surface area contributed by atoms with Gasteiger partial charge < -0.3 is 10.1 Å². The fraction of sp³-hybridized carbons (Fsp3) is 0.200. The van der Waals surface area contributed by atoms with E-state index in [1.807, 2.05) is 30.3 Å². The highest BCUT2D eigenvalue weighted by Gasteiger charge is 2.28. The Morgan fingerprint density at radius 1 is 1.21 bits per heavy atom. The molecule has 2 nitrogen and oxygen atoms in total. The highest BCUT2D eigenvalue weighted by Crippen LogP contribution is 2.42. The number of benzene rings is 2. The monoisotopic (exact) mass is 337 g/mol. The van der Waals surface area contributed by atoms with Gasteiger partial charge in [-0.2, -0.15) is 0 Å². The molecule has 2 aromatic rings. The lowest BCUT2D eigenvalue weighted by Crippen LogP contribution is -2.32. The molecule has 0 saturated carbocycles. The predicted molar refractivity (Wildman–Crippen MR) is 82.0 cm³/mol. The lowest BCUT2D eigenvalue weighted by Gasteiger charge is -2.33. The van der Waals surface area contributed by atoms with Gasteiger partial charge in [0.2, 0.25) is 0 Å². The van der Waals surface area contributed by atoms with Gasteiger partial charge in [0.15, 0.2) is 5.75 Å². The average Bonchev–Trinajstić information content (AvgIpc) is 2.38. The van der Waals surface area contributed by atoms with Gasteiger partial charge in [0.25, 0.3) is 0 Å². The minimum absolute atomic E-state index is 0.0510. The standard InChI is InChI=1S/C15H13BrClNO/c1-9-14(10-4-2-5-11(16)8-10)19-15-12(17)6-3-7-13(15)18-9/h2-9,14,18H,1H3. The molecule has 0 aromatic heterocycles. The second-order valence-electron chi connectivity index (χ2n) is 4.64. The van der Waals surface area contributed by atoms with Crippen molar-refractivity contribution in [3.05, 3.63) is 57.5 Å². The zero-order valence-electron chi connectivity index (χ0n) is 10.4. The molecule has 0 radical (unpaired) electrons. The van der Waals surface area contributed by atoms with Crippen molar-refractivity contribution < 1.29 is 4.74 Å². The number of nitrogens with one attached hydrogen (secondary N) is 1. The topological polar surface area (TPSA) is 21.3 Å². The van der Waals surface area contributed by atoms with Gasteiger partial charge >= 0.3 is 0 Å². The van der Waals surface area contributed by atoms with Crippen molar-refractivity contribution in [1.29, 1.82) is 0 Å². The molecule has 2 atom stereocenters. The molecule has 0 amide bonds. The summed E-state index contributed by atoms with van der Waals surface area (Å²) >= 11 is 9.69. The Kier molecular flexibility index (Phi) is 3.42. The Morgan fingerprint density at radius 3 is 2.79 bits per heavy atom. The Balaban J connectivity index is 1.99. The molecular weight excluding hydrogens is 326 g/mol. The van der Waals surface area contributed by atoms with E-state index in [0.29, 0.717) is 5.02 Å². The Bertz CT molecular complexity index is 617. The maximum Gasteiger partial charge on any atom is 0.162 e. The first-order chi connectivity index (χ1) is 9.15. The van der Waals surface area contributed by atoms with E-state index in [1.165, 1.54) is 0 Å². The molecule has 0 spiro atoms. The Morgan fingerprint density at radius 2 is 2.00 bits per heavy atom. The second kappa shape index (κ2) is 5.06. The number of para-hydroxylation sites is 1. The molecule has 1 aliphatic heterocycles. The average molecular weight is 339 g/mol. The Labute approximate surface area is 125 Å². The largest absolute Gasteiger partial charge is 0.480 e. The van der Waals surface area contributed by atoms with Gasteiger partial charge in [-0.3, -0.25) is 0 Å². The molecule has 0 fully saturated rings. The number of halogens is 2. The SMILES string of the molecule is CC1Nc2cccc(Cl)c2OC1c1cccc(Br)c1. The number of rotatable bonds is 1. The third-order valence-electron chi connectivity index (χ3n) is 3.23. The van der Waals surface area contributed by atoms with Crippen LogP contribution >= 0.6 is 27.5 Å². The smallest absolute Gasteiger partial charge is 0.162 e. The van der Waals surface area contributed by atoms with E-state index < -0.39 is 0 Å². The minimum atomic E-state index is -0.0510. The lowest BCUT2D eigenvalue weighted by molar-refractivity contribution is 0.178. The number of hydrogen-bond acceptors (Lipinski definition) is 2. The maximum atomic E-state index is 6.20. The van der Waals surface area contributed by atoms with Crippen LogP contribution in [-0.4, -0.2) is 6.04 Å². The van der Waals surface area contributed by atoms with Crippen LogP contribution in [0.4, 0.5) is 5.69 Å². The highest BCUT2D eigenvalue weighted by molar-refractivity contribution is 9.10. The molecule has 0 bridgehead atoms. The molecule has 1 N–H and O–H groups in total. The summed E-state index contributed by atoms with van der Waals surface area (Å²) in [5.74, 6) is 0.729. The summed E-state index contributed by atoms with van der Waals surface area (Å²) in [5, 5.41) is 4.08. The fourth-order valence-corrected chi connectivity index (χ4v) is 2.97. The van der Waals surface area contributed by atoms with Crippen molar-refractivity contribution in [2.45, 2.75) is 19.1 Å². The van der Waals surface area contributed by atoms with Gasteiger partial charge in [-0.1, -0.05) is 45.7 Å². The van der Waals surface area contributed by atoms with Crippen LogP contribution in [0, 0.1) is 0 Å². The Hall–Kier alpha value is -1.19. The summed E-state index contributed by atoms with van der Waals surface area (Å²) in [4.78, 5) is 0. The van der Waals surface area contributed by atoms with Crippen LogP contribution in [0.25, 0.3) is 0 Å². The summed E-state index contributed by atoms with van der Waals surface area (Å²) in [6, 6.07) is 14.1. The number of ether oxygens (including phenoxy) is 1. The highest BCUT2D eigenvalue weighted by atomic mass is 79.9. The number of hydrogen-bond donors (Lipinski definition) is 1. The molecule has 2 unspecified atom stereocenters. The van der Waals surface area contributed by atoms with E-state index >= 15 is 0 Å². The van der Waals surface area contributed by atoms with Crippen LogP contribution in [0.5, 0.6) is 5.75 Å². The van der Waals surface area contributed by atoms with Gasteiger partial charge in [-0.05, 0) is 36.8 Å². The van der Waals surface area contributed by atoms with E-state index in [4.69, 9.17) is 16.3 Å². The van der Waals surface area contributed by atoms with Crippen LogP contribution in [0.15, 0.2) is 46.9 Å². The fourth-order valence-electron chi connectivity index (χ4n) is 2.33. The molecule has 1 aliphatic rings. The van der Waals surface area contributed by atoms with Crippen LogP contribution in [0.1, 0.15) is 18.6 Å². The minimum Gasteiger partial charge on any atom is -0.480 e. The second-order valence-corrected chi connectivity index (χ2v) is 5.97. The van der Waals surface area contributed by atoms with E-state index in [0.717, 1.165) is 21.5 Å². The quantitative estimate of drug-likeness (QED) is 0.787. The zero-order chi connectivity index (χ0) is 13.4. The summed E-state index contributed by atoms with van der Waals surface area (Å²) in [5.41, 5.74) is 2.08. The zero-order valence-corrected chi connectivity index (χ0v) is 12.7. The lowest BCUT2D eigenvalue weighted by atomic mass is 10.0. The van der Waals surface area contributed by atoms with Crippen LogP contribution in [0.3, 0.4) is 0 Å². The summed E-state index contributed by atoms with van der Waals surface area (Å²) in [7, 11) is 0. The normalized spacial score (nSPS) is 21.2. The summed E-state index contributed by atoms with van der Waals surface area (Å²) in [6.45, 7) is 2.11. The first-order valence-electron chi connectivity index (χ1n) is 6.12. The third-order valence-corrected chi connectivity index (χ3v) is 4.02. The molecular formula is C15H13BrClNO. The predicted octanol–water partition coefficient (Wildman–Crippen LogP) is 5.04. The van der Waals surface area contributed by atoms with E-state index in [-0.39, 0.29) is 12.1 Å². The van der Waals surface area contributed by atoms with Gasteiger partial charge in [0.05, 0.1) is 16.8 Å². The first-order valence-corrected chi connectivity index (χ1v) is 7.29. The van der Waals surface area contributed by atoms with Crippen LogP contribution in [0.2, 0.25) is 5.02 Å². The molecule has 1 heterocycles. The number of anilines is 1. The van der Waals surface area contributed by atoms with Crippen molar-refractivity contribution in [3.63, 3.8) is 0 Å². The van der Waals surface area contributed by atoms with Gasteiger partial charge in [-0.15, -0.1) is 0 Å². The molecule has 19 heavy (non-hydrogen) atoms. The van der Waals surface area contributed by atoms with Crippen molar-refractivity contribution in [1.82, 2.24) is 0 Å². The first kappa shape index (κ1) is 12.8. The molecule has 0 saturated heterocycles. The van der Waals surface area contributed by atoms with Crippen LogP contribution in [-0.2, 0) is 0 Å². The number of fused-ring (bicyclic) bond motifs is 1. The van der Waals surface area contributed by atoms with Gasteiger partial charge in [0, 0.05) is 4.47 Å². The molecule has 2 aromatic carbocycles. The maximum absolute atomic E-state index is 6.20. The summed E-state index contributed by atoms with van der Waals surface area (Å²) < 4.78 is 7.15. The van der Waals surface area contributed by atoms with Crippen molar-refractivity contribution in [2.24, 2.45) is 0 Å². The summed E-state index contributed by atoms with van der Waals surface area (Å²) in [6.07, 6.45) is -0.0510. The van der Waals surface area contributed by atoms with Gasteiger partial charge in [0.1, 0.15) is 6.10 Å². The third kappa shape index (κ3) is 2.45. The molecule has 3 rings (SSSR count). The molecule has 0 aliphatic carbocycles. The molecule has 4 heteroatoms. The molecule has 98 valence electrons. The van der Waals surface area contributed by atoms with Crippen molar-refractivity contribution in [3.8, 4) is 5.75 Å².